The molecule has 0 saturated carbocycles. The van der Waals surface area contributed by atoms with Gasteiger partial charge in [0.1, 0.15) is 23.8 Å². The summed E-state index contributed by atoms with van der Waals surface area (Å²) in [6.45, 7) is 5.37. The molecule has 0 aliphatic carbocycles. The number of halogens is 1. The molecule has 9 heteroatoms. The van der Waals surface area contributed by atoms with E-state index in [1.165, 1.54) is 4.90 Å². The Balaban J connectivity index is 1.51. The fourth-order valence-electron chi connectivity index (χ4n) is 3.59. The van der Waals surface area contributed by atoms with E-state index in [9.17, 15) is 4.79 Å². The van der Waals surface area contributed by atoms with Crippen molar-refractivity contribution in [2.45, 2.75) is 33.5 Å². The van der Waals surface area contributed by atoms with Crippen LogP contribution in [0.3, 0.4) is 0 Å². The fraction of sp³-hybridized carbons (Fsp3) is 0.240. The average molecular weight is 497 g/mol. The Morgan fingerprint density at radius 1 is 1.24 bits per heavy atom. The third-order valence-corrected chi connectivity index (χ3v) is 6.20. The second kappa shape index (κ2) is 10.3. The summed E-state index contributed by atoms with van der Waals surface area (Å²) < 4.78 is 13.3. The number of thiocarbonyl (C=S) groups is 1. The van der Waals surface area contributed by atoms with Crippen molar-refractivity contribution in [3.05, 3.63) is 81.8 Å². The first kappa shape index (κ1) is 23.8. The summed E-state index contributed by atoms with van der Waals surface area (Å²) in [5.74, 6) is 1.23. The quantitative estimate of drug-likeness (QED) is 0.360. The van der Waals surface area contributed by atoms with Gasteiger partial charge in [0, 0.05) is 28.9 Å². The number of methoxy groups -OCH3 is 1. The van der Waals surface area contributed by atoms with Gasteiger partial charge in [-0.1, -0.05) is 17.7 Å². The van der Waals surface area contributed by atoms with Gasteiger partial charge in [0.05, 0.1) is 19.9 Å². The van der Waals surface area contributed by atoms with Crippen molar-refractivity contribution in [3.63, 3.8) is 0 Å². The maximum atomic E-state index is 13.0. The van der Waals surface area contributed by atoms with Crippen molar-refractivity contribution >= 4 is 40.9 Å². The maximum absolute atomic E-state index is 13.0. The zero-order chi connectivity index (χ0) is 24.2. The molecule has 1 aliphatic heterocycles. The van der Waals surface area contributed by atoms with Crippen molar-refractivity contribution < 1.29 is 14.3 Å². The molecule has 1 aromatic heterocycles. The molecule has 0 spiro atoms. The van der Waals surface area contributed by atoms with E-state index < -0.39 is 0 Å². The molecule has 1 aliphatic rings. The summed E-state index contributed by atoms with van der Waals surface area (Å²) in [5.41, 5.74) is 3.95. The Labute approximate surface area is 208 Å². The van der Waals surface area contributed by atoms with Crippen molar-refractivity contribution in [3.8, 4) is 11.5 Å². The molecule has 1 amide bonds. The monoisotopic (exact) mass is 496 g/mol. The zero-order valence-corrected chi connectivity index (χ0v) is 20.7. The molecule has 2 aromatic carbocycles. The van der Waals surface area contributed by atoms with Crippen LogP contribution < -0.4 is 14.8 Å². The van der Waals surface area contributed by atoms with Crippen molar-refractivity contribution in [2.75, 3.05) is 7.11 Å². The summed E-state index contributed by atoms with van der Waals surface area (Å²) in [6, 6.07) is 11.2. The Morgan fingerprint density at radius 3 is 2.76 bits per heavy atom. The maximum Gasteiger partial charge on any atom is 0.276 e. The number of ether oxygens (including phenoxy) is 2. The minimum atomic E-state index is -0.181. The number of aryl methyl sites for hydroxylation is 2. The van der Waals surface area contributed by atoms with Gasteiger partial charge < -0.3 is 14.8 Å². The number of hydrogen-bond donors (Lipinski definition) is 1. The average Bonchev–Trinajstić information content (AvgIpc) is 3.40. The highest BCUT2D eigenvalue weighted by molar-refractivity contribution is 7.80. The van der Waals surface area contributed by atoms with Crippen molar-refractivity contribution in [1.29, 1.82) is 0 Å². The molecule has 0 atom stereocenters. The van der Waals surface area contributed by atoms with E-state index in [0.29, 0.717) is 40.5 Å². The highest BCUT2D eigenvalue weighted by atomic mass is 35.5. The van der Waals surface area contributed by atoms with E-state index >= 15 is 0 Å². The first-order valence-electron chi connectivity index (χ1n) is 10.8. The van der Waals surface area contributed by atoms with Crippen LogP contribution in [0, 0.1) is 6.92 Å². The highest BCUT2D eigenvalue weighted by Gasteiger charge is 2.31. The van der Waals surface area contributed by atoms with Gasteiger partial charge in [-0.15, -0.1) is 0 Å². The molecule has 7 nitrogen and oxygen atoms in total. The van der Waals surface area contributed by atoms with Gasteiger partial charge in [-0.25, -0.2) is 0 Å². The van der Waals surface area contributed by atoms with Crippen LogP contribution in [0.15, 0.2) is 54.5 Å². The van der Waals surface area contributed by atoms with Gasteiger partial charge in [0.15, 0.2) is 5.11 Å². The molecule has 34 heavy (non-hydrogen) atoms. The summed E-state index contributed by atoms with van der Waals surface area (Å²) in [6.07, 6.45) is 5.44. The minimum Gasteiger partial charge on any atom is -0.496 e. The number of carbonyl (C=O) groups excluding carboxylic acids is 1. The molecular weight excluding hydrogens is 472 g/mol. The van der Waals surface area contributed by atoms with Crippen LogP contribution >= 0.6 is 23.8 Å². The largest absolute Gasteiger partial charge is 0.496 e. The number of nitrogens with one attached hydrogen (secondary N) is 1. The standard InChI is InChI=1S/C25H25ClN4O3S/c1-4-29-13-18(12-27-29)14-30-24(31)22(28-25(30)34)11-17-5-8-23(32-3)19(10-17)15-33-20-6-7-21(26)16(2)9-20/h5-13H,4,14-15H2,1-3H3,(H,28,34)/b22-11+. The molecule has 1 N–H and O–H groups in total. The number of benzene rings is 2. The number of hydrogen-bond acceptors (Lipinski definition) is 5. The number of rotatable bonds is 8. The van der Waals surface area contributed by atoms with E-state index in [0.717, 1.165) is 28.8 Å². The van der Waals surface area contributed by atoms with Gasteiger partial charge in [0.25, 0.3) is 5.91 Å². The first-order valence-corrected chi connectivity index (χ1v) is 11.6. The predicted molar refractivity (Wildman–Crippen MR) is 136 cm³/mol. The number of nitrogens with zero attached hydrogens (tertiary/aromatic N) is 3. The molecule has 0 bridgehead atoms. The molecule has 1 fully saturated rings. The SMILES string of the molecule is CCn1cc(CN2C(=O)/C(=C\c3ccc(OC)c(COc4ccc(Cl)c(C)c4)c3)NC2=S)cn1. The number of carbonyl (C=O) groups is 1. The van der Waals surface area contributed by atoms with Crippen LogP contribution in [0.5, 0.6) is 11.5 Å². The Morgan fingerprint density at radius 2 is 2.06 bits per heavy atom. The Bertz CT molecular complexity index is 1270. The second-order valence-electron chi connectivity index (χ2n) is 7.85. The number of aromatic nitrogens is 2. The topological polar surface area (TPSA) is 68.6 Å². The first-order chi connectivity index (χ1) is 16.4. The van der Waals surface area contributed by atoms with Crippen LogP contribution in [0.2, 0.25) is 5.02 Å². The normalized spacial score (nSPS) is 14.6. The Kier molecular flexibility index (Phi) is 7.19. The summed E-state index contributed by atoms with van der Waals surface area (Å²) in [7, 11) is 1.61. The fourth-order valence-corrected chi connectivity index (χ4v) is 3.97. The lowest BCUT2D eigenvalue weighted by Crippen LogP contribution is -2.29. The lowest BCUT2D eigenvalue weighted by Gasteiger charge is -2.12. The van der Waals surface area contributed by atoms with E-state index in [1.54, 1.807) is 19.4 Å². The molecular formula is C25H25ClN4O3S. The molecule has 4 rings (SSSR count). The summed E-state index contributed by atoms with van der Waals surface area (Å²) >= 11 is 11.5. The van der Waals surface area contributed by atoms with Crippen LogP contribution in [0.25, 0.3) is 6.08 Å². The van der Waals surface area contributed by atoms with E-state index in [1.807, 2.05) is 61.1 Å². The predicted octanol–water partition coefficient (Wildman–Crippen LogP) is 4.71. The van der Waals surface area contributed by atoms with E-state index in [2.05, 4.69) is 10.4 Å². The van der Waals surface area contributed by atoms with Gasteiger partial charge in [-0.3, -0.25) is 14.4 Å². The minimum absolute atomic E-state index is 0.181. The van der Waals surface area contributed by atoms with Gasteiger partial charge >= 0.3 is 0 Å². The van der Waals surface area contributed by atoms with Crippen LogP contribution in [0.4, 0.5) is 0 Å². The van der Waals surface area contributed by atoms with Gasteiger partial charge in [-0.05, 0) is 73.6 Å². The molecule has 0 radical (unpaired) electrons. The molecule has 0 unspecified atom stereocenters. The van der Waals surface area contributed by atoms with Crippen molar-refractivity contribution in [2.24, 2.45) is 0 Å². The van der Waals surface area contributed by atoms with E-state index in [4.69, 9.17) is 33.3 Å². The lowest BCUT2D eigenvalue weighted by molar-refractivity contribution is -0.122. The third-order valence-electron chi connectivity index (χ3n) is 5.45. The third kappa shape index (κ3) is 5.24. The Hall–Kier alpha value is -3.36. The zero-order valence-electron chi connectivity index (χ0n) is 19.2. The number of amides is 1. The van der Waals surface area contributed by atoms with Gasteiger partial charge in [-0.2, -0.15) is 5.10 Å². The summed E-state index contributed by atoms with van der Waals surface area (Å²) in [5, 5.41) is 8.35. The van der Waals surface area contributed by atoms with Crippen molar-refractivity contribution in [1.82, 2.24) is 20.0 Å². The van der Waals surface area contributed by atoms with Crippen LogP contribution in [-0.2, 0) is 24.5 Å². The second-order valence-corrected chi connectivity index (χ2v) is 8.65. The molecule has 1 saturated heterocycles. The lowest BCUT2D eigenvalue weighted by atomic mass is 10.1. The molecule has 2 heterocycles. The highest BCUT2D eigenvalue weighted by Crippen LogP contribution is 2.26. The van der Waals surface area contributed by atoms with Crippen LogP contribution in [-0.4, -0.2) is 32.8 Å². The smallest absolute Gasteiger partial charge is 0.276 e. The molecule has 3 aromatic rings. The molecule has 176 valence electrons. The summed E-state index contributed by atoms with van der Waals surface area (Å²) in [4.78, 5) is 14.5. The van der Waals surface area contributed by atoms with Gasteiger partial charge in [0.2, 0.25) is 0 Å². The van der Waals surface area contributed by atoms with E-state index in [-0.39, 0.29) is 5.91 Å². The van der Waals surface area contributed by atoms with Crippen LogP contribution in [0.1, 0.15) is 29.2 Å².